The van der Waals surface area contributed by atoms with Crippen LogP contribution in [0.2, 0.25) is 5.02 Å². The van der Waals surface area contributed by atoms with Gasteiger partial charge in [-0.2, -0.15) is 0 Å². The van der Waals surface area contributed by atoms with E-state index in [1.807, 2.05) is 24.3 Å². The quantitative estimate of drug-likeness (QED) is 0.913. The minimum absolute atomic E-state index is 0.135. The van der Waals surface area contributed by atoms with Gasteiger partial charge in [-0.1, -0.05) is 55.3 Å². The number of thioether (sulfide) groups is 1. The van der Waals surface area contributed by atoms with E-state index in [1.165, 1.54) is 0 Å². The molecule has 0 spiro atoms. The van der Waals surface area contributed by atoms with Gasteiger partial charge in [0.2, 0.25) is 0 Å². The van der Waals surface area contributed by atoms with Crippen LogP contribution in [0.5, 0.6) is 0 Å². The Hall–Kier alpha value is -0.710. The molecule has 0 radical (unpaired) electrons. The Morgan fingerprint density at radius 1 is 1.43 bits per heavy atom. The molecule has 2 aliphatic rings. The zero-order chi connectivity index (χ0) is 14.9. The Morgan fingerprint density at radius 3 is 2.90 bits per heavy atom. The van der Waals surface area contributed by atoms with E-state index in [4.69, 9.17) is 11.6 Å². The maximum atomic E-state index is 11.5. The van der Waals surface area contributed by atoms with Crippen LogP contribution in [0.15, 0.2) is 29.3 Å². The number of hydrogen-bond acceptors (Lipinski definition) is 4. The molecule has 1 saturated heterocycles. The van der Waals surface area contributed by atoms with Gasteiger partial charge in [0.15, 0.2) is 10.9 Å². The minimum atomic E-state index is -0.955. The average molecular weight is 325 g/mol. The molecule has 0 aliphatic carbocycles. The molecule has 3 rings (SSSR count). The molecular weight excluding hydrogens is 304 g/mol. The van der Waals surface area contributed by atoms with E-state index in [0.717, 1.165) is 49.5 Å². The second-order valence-corrected chi connectivity index (χ2v) is 7.26. The van der Waals surface area contributed by atoms with Crippen molar-refractivity contribution in [2.45, 2.75) is 43.6 Å². The molecular formula is C16H21ClN2OS. The molecule has 2 heterocycles. The summed E-state index contributed by atoms with van der Waals surface area (Å²) < 4.78 is 0. The fraction of sp³-hybridized carbons (Fsp3) is 0.562. The molecule has 0 unspecified atom stereocenters. The number of unbranched alkanes of at least 4 members (excludes halogenated alkanes) is 1. The Kier molecular flexibility index (Phi) is 4.48. The van der Waals surface area contributed by atoms with Gasteiger partial charge in [0.1, 0.15) is 0 Å². The van der Waals surface area contributed by atoms with Crippen LogP contribution in [0.3, 0.4) is 0 Å². The van der Waals surface area contributed by atoms with Crippen molar-refractivity contribution < 1.29 is 5.11 Å². The summed E-state index contributed by atoms with van der Waals surface area (Å²) in [6.07, 6.45) is 4.26. The largest absolute Gasteiger partial charge is 0.366 e. The Labute approximate surface area is 135 Å². The highest BCUT2D eigenvalue weighted by Gasteiger charge is 2.52. The van der Waals surface area contributed by atoms with Crippen molar-refractivity contribution in [1.82, 2.24) is 4.90 Å². The summed E-state index contributed by atoms with van der Waals surface area (Å²) in [4.78, 5) is 6.70. The van der Waals surface area contributed by atoms with E-state index >= 15 is 0 Å². The third kappa shape index (κ3) is 2.69. The molecule has 3 nitrogen and oxygen atoms in total. The van der Waals surface area contributed by atoms with Crippen molar-refractivity contribution in [3.05, 3.63) is 34.9 Å². The van der Waals surface area contributed by atoms with E-state index in [2.05, 4.69) is 16.8 Å². The van der Waals surface area contributed by atoms with Crippen LogP contribution in [0, 0.1) is 0 Å². The highest BCUT2D eigenvalue weighted by Crippen LogP contribution is 2.48. The van der Waals surface area contributed by atoms with Gasteiger partial charge in [0, 0.05) is 23.7 Å². The normalized spacial score (nSPS) is 28.4. The summed E-state index contributed by atoms with van der Waals surface area (Å²) in [5, 5.41) is 13.4. The number of rotatable bonds is 4. The SMILES string of the molecule is CCCC[C@H]1SC2=NCCCN2[C@@]1(O)c1ccc(Cl)cc1. The van der Waals surface area contributed by atoms with Gasteiger partial charge in [0.25, 0.3) is 0 Å². The Morgan fingerprint density at radius 2 is 2.19 bits per heavy atom. The minimum Gasteiger partial charge on any atom is -0.366 e. The molecule has 0 bridgehead atoms. The monoisotopic (exact) mass is 324 g/mol. The lowest BCUT2D eigenvalue weighted by atomic mass is 9.94. The van der Waals surface area contributed by atoms with E-state index in [0.29, 0.717) is 5.02 Å². The smallest absolute Gasteiger partial charge is 0.178 e. The van der Waals surface area contributed by atoms with E-state index in [-0.39, 0.29) is 5.25 Å². The number of benzene rings is 1. The fourth-order valence-electron chi connectivity index (χ4n) is 3.07. The van der Waals surface area contributed by atoms with Crippen LogP contribution in [-0.4, -0.2) is 33.5 Å². The van der Waals surface area contributed by atoms with Crippen molar-refractivity contribution in [3.63, 3.8) is 0 Å². The van der Waals surface area contributed by atoms with Crippen molar-refractivity contribution in [2.24, 2.45) is 4.99 Å². The summed E-state index contributed by atoms with van der Waals surface area (Å²) in [7, 11) is 0. The van der Waals surface area contributed by atoms with Gasteiger partial charge < -0.3 is 10.0 Å². The first-order valence-electron chi connectivity index (χ1n) is 7.63. The summed E-state index contributed by atoms with van der Waals surface area (Å²) >= 11 is 7.73. The van der Waals surface area contributed by atoms with Gasteiger partial charge in [0.05, 0.1) is 5.25 Å². The maximum Gasteiger partial charge on any atom is 0.178 e. The van der Waals surface area contributed by atoms with Gasteiger partial charge >= 0.3 is 0 Å². The summed E-state index contributed by atoms with van der Waals surface area (Å²) in [5.74, 6) is 0. The number of aliphatic imine (C=N–C) groups is 1. The molecule has 0 aromatic heterocycles. The van der Waals surface area contributed by atoms with Crippen molar-refractivity contribution in [3.8, 4) is 0 Å². The summed E-state index contributed by atoms with van der Waals surface area (Å²) in [5.41, 5.74) is -0.0310. The lowest BCUT2D eigenvalue weighted by Gasteiger charge is -2.39. The number of fused-ring (bicyclic) bond motifs is 1. The number of hydrogen-bond donors (Lipinski definition) is 1. The molecule has 1 aromatic carbocycles. The van der Waals surface area contributed by atoms with E-state index in [9.17, 15) is 5.11 Å². The van der Waals surface area contributed by atoms with Crippen molar-refractivity contribution in [2.75, 3.05) is 13.1 Å². The Bertz CT molecular complexity index is 534. The van der Waals surface area contributed by atoms with Gasteiger partial charge in [-0.25, -0.2) is 0 Å². The highest BCUT2D eigenvalue weighted by atomic mass is 35.5. The lowest BCUT2D eigenvalue weighted by Crippen LogP contribution is -2.50. The number of halogens is 1. The zero-order valence-corrected chi connectivity index (χ0v) is 13.8. The third-order valence-electron chi connectivity index (χ3n) is 4.21. The molecule has 2 atom stereocenters. The first kappa shape index (κ1) is 15.2. The topological polar surface area (TPSA) is 35.8 Å². The van der Waals surface area contributed by atoms with Crippen LogP contribution in [0.4, 0.5) is 0 Å². The number of amidine groups is 1. The number of nitrogens with zero attached hydrogens (tertiary/aromatic N) is 2. The standard InChI is InChI=1S/C16H21ClN2OS/c1-2-3-5-14-16(20,12-6-8-13(17)9-7-12)19-11-4-10-18-15(19)21-14/h6-9,14,20H,2-5,10-11H2,1H3/t14-,16-/m1/s1. The van der Waals surface area contributed by atoms with Crippen LogP contribution >= 0.6 is 23.4 Å². The van der Waals surface area contributed by atoms with Crippen LogP contribution in [0.1, 0.15) is 38.2 Å². The molecule has 0 saturated carbocycles. The van der Waals surface area contributed by atoms with Gasteiger partial charge in [-0.05, 0) is 25.0 Å². The second-order valence-electron chi connectivity index (χ2n) is 5.65. The molecule has 1 aromatic rings. The average Bonchev–Trinajstić information content (AvgIpc) is 2.80. The summed E-state index contributed by atoms with van der Waals surface area (Å²) in [6.45, 7) is 3.93. The molecule has 21 heavy (non-hydrogen) atoms. The third-order valence-corrected chi connectivity index (χ3v) is 5.88. The first-order chi connectivity index (χ1) is 10.2. The van der Waals surface area contributed by atoms with Crippen LogP contribution < -0.4 is 0 Å². The predicted octanol–water partition coefficient (Wildman–Crippen LogP) is 3.85. The molecule has 1 fully saturated rings. The van der Waals surface area contributed by atoms with Crippen LogP contribution in [-0.2, 0) is 5.72 Å². The fourth-order valence-corrected chi connectivity index (χ4v) is 4.69. The van der Waals surface area contributed by atoms with Gasteiger partial charge in [-0.3, -0.25) is 4.99 Å². The summed E-state index contributed by atoms with van der Waals surface area (Å²) in [6, 6.07) is 7.60. The first-order valence-corrected chi connectivity index (χ1v) is 8.89. The van der Waals surface area contributed by atoms with E-state index in [1.54, 1.807) is 11.8 Å². The van der Waals surface area contributed by atoms with Gasteiger partial charge in [-0.15, -0.1) is 0 Å². The van der Waals surface area contributed by atoms with E-state index < -0.39 is 5.72 Å². The molecule has 0 amide bonds. The predicted molar refractivity (Wildman–Crippen MR) is 89.9 cm³/mol. The highest BCUT2D eigenvalue weighted by molar-refractivity contribution is 8.14. The second kappa shape index (κ2) is 6.19. The molecule has 114 valence electrons. The lowest BCUT2D eigenvalue weighted by molar-refractivity contribution is -0.0738. The maximum absolute atomic E-state index is 11.5. The molecule has 1 N–H and O–H groups in total. The van der Waals surface area contributed by atoms with Crippen molar-refractivity contribution in [1.29, 1.82) is 0 Å². The number of aliphatic hydroxyl groups is 1. The van der Waals surface area contributed by atoms with Crippen molar-refractivity contribution >= 4 is 28.5 Å². The zero-order valence-electron chi connectivity index (χ0n) is 12.3. The Balaban J connectivity index is 1.98. The molecule has 2 aliphatic heterocycles. The molecule has 5 heteroatoms. The van der Waals surface area contributed by atoms with Crippen LogP contribution in [0.25, 0.3) is 0 Å².